The van der Waals surface area contributed by atoms with Crippen LogP contribution >= 0.6 is 0 Å². The van der Waals surface area contributed by atoms with E-state index in [9.17, 15) is 14.7 Å². The Balaban J connectivity index is 2.04. The fraction of sp³-hybridized carbons (Fsp3) is 0.857. The number of methoxy groups -OCH3 is 1. The van der Waals surface area contributed by atoms with Crippen molar-refractivity contribution in [1.29, 1.82) is 0 Å². The Kier molecular flexibility index (Phi) is 12.7. The maximum Gasteiger partial charge on any atom is 0.407 e. The molecular weight excluding hydrogens is 462 g/mol. The molecule has 208 valence electrons. The quantitative estimate of drug-likeness (QED) is 0.186. The molecule has 36 heavy (non-hydrogen) atoms. The van der Waals surface area contributed by atoms with E-state index in [1.54, 1.807) is 0 Å². The van der Waals surface area contributed by atoms with Gasteiger partial charge in [-0.1, -0.05) is 31.9 Å². The van der Waals surface area contributed by atoms with Crippen LogP contribution in [-0.4, -0.2) is 61.0 Å². The lowest BCUT2D eigenvalue weighted by Crippen LogP contribution is -2.42. The lowest BCUT2D eigenvalue weighted by atomic mass is 9.84. The van der Waals surface area contributed by atoms with E-state index >= 15 is 0 Å². The average Bonchev–Trinajstić information content (AvgIpc) is 3.38. The molecular formula is C28H49NO7. The van der Waals surface area contributed by atoms with Crippen molar-refractivity contribution in [3.63, 3.8) is 0 Å². The molecule has 1 saturated carbocycles. The van der Waals surface area contributed by atoms with Gasteiger partial charge in [-0.15, -0.1) is 0 Å². The van der Waals surface area contributed by atoms with E-state index < -0.39 is 23.6 Å². The second-order valence-corrected chi connectivity index (χ2v) is 11.2. The first kappa shape index (κ1) is 30.6. The van der Waals surface area contributed by atoms with Crippen LogP contribution in [0.3, 0.4) is 0 Å². The standard InChI is InChI=1S/C28H49NO7/c1-6-7-12-16-28(34-18-19-35-28)17-15-21-22(13-10-8-9-11-14-25(31)33-5)24(30)20-23(21)29-26(32)36-27(2,3)4/h8,10,21-24,30H,6-7,9,11-20H2,1-5H3,(H,29,32)/t21-,22-,23?,24?/m1/s1. The summed E-state index contributed by atoms with van der Waals surface area (Å²) in [4.78, 5) is 23.9. The van der Waals surface area contributed by atoms with Gasteiger partial charge in [0.1, 0.15) is 5.60 Å². The molecule has 4 atom stereocenters. The molecule has 0 bridgehead atoms. The lowest BCUT2D eigenvalue weighted by Gasteiger charge is -2.32. The number of carbonyl (C=O) groups is 2. The molecule has 1 amide bonds. The highest BCUT2D eigenvalue weighted by atomic mass is 16.7. The first-order valence-electron chi connectivity index (χ1n) is 13.8. The zero-order chi connectivity index (χ0) is 26.6. The average molecular weight is 512 g/mol. The Labute approximate surface area is 217 Å². The molecule has 8 heteroatoms. The number of hydrogen-bond donors (Lipinski definition) is 2. The van der Waals surface area contributed by atoms with Crippen molar-refractivity contribution in [1.82, 2.24) is 5.32 Å². The zero-order valence-electron chi connectivity index (χ0n) is 23.1. The molecule has 0 aromatic heterocycles. The number of rotatable bonds is 14. The molecule has 0 spiro atoms. The van der Waals surface area contributed by atoms with Gasteiger partial charge in [0.2, 0.25) is 0 Å². The molecule has 2 rings (SSSR count). The number of ether oxygens (including phenoxy) is 4. The number of aliphatic hydroxyl groups is 1. The first-order valence-corrected chi connectivity index (χ1v) is 13.8. The third kappa shape index (κ3) is 10.4. The highest BCUT2D eigenvalue weighted by Crippen LogP contribution is 2.41. The van der Waals surface area contributed by atoms with Crippen LogP contribution in [0.1, 0.15) is 98.3 Å². The van der Waals surface area contributed by atoms with E-state index in [-0.39, 0.29) is 23.8 Å². The van der Waals surface area contributed by atoms with E-state index in [1.807, 2.05) is 20.8 Å². The number of amides is 1. The second-order valence-electron chi connectivity index (χ2n) is 11.2. The molecule has 2 aliphatic rings. The van der Waals surface area contributed by atoms with Gasteiger partial charge >= 0.3 is 12.1 Å². The molecule has 2 fully saturated rings. The van der Waals surface area contributed by atoms with Gasteiger partial charge in [-0.05, 0) is 71.1 Å². The summed E-state index contributed by atoms with van der Waals surface area (Å²) >= 11 is 0. The van der Waals surface area contributed by atoms with Crippen LogP contribution in [0, 0.1) is 11.8 Å². The highest BCUT2D eigenvalue weighted by Gasteiger charge is 2.45. The van der Waals surface area contributed by atoms with Gasteiger partial charge in [0.25, 0.3) is 0 Å². The van der Waals surface area contributed by atoms with Crippen molar-refractivity contribution < 1.29 is 33.6 Å². The Morgan fingerprint density at radius 3 is 2.44 bits per heavy atom. The van der Waals surface area contributed by atoms with Crippen LogP contribution < -0.4 is 5.32 Å². The molecule has 8 nitrogen and oxygen atoms in total. The number of carbonyl (C=O) groups excluding carboxylic acids is 2. The van der Waals surface area contributed by atoms with Gasteiger partial charge in [-0.25, -0.2) is 4.79 Å². The van der Waals surface area contributed by atoms with Gasteiger partial charge in [0, 0.05) is 25.3 Å². The van der Waals surface area contributed by atoms with Gasteiger partial charge < -0.3 is 29.4 Å². The van der Waals surface area contributed by atoms with Crippen LogP contribution in [0.2, 0.25) is 0 Å². The molecule has 1 saturated heterocycles. The number of alkyl carbamates (subject to hydrolysis) is 1. The molecule has 2 N–H and O–H groups in total. The minimum atomic E-state index is -0.585. The number of allylic oxidation sites excluding steroid dienone is 2. The van der Waals surface area contributed by atoms with E-state index in [0.717, 1.165) is 51.4 Å². The Bertz CT molecular complexity index is 697. The van der Waals surface area contributed by atoms with Gasteiger partial charge in [-0.2, -0.15) is 0 Å². The molecule has 0 radical (unpaired) electrons. The summed E-state index contributed by atoms with van der Waals surface area (Å²) in [6.07, 6.45) is 12.0. The van der Waals surface area contributed by atoms with E-state index in [0.29, 0.717) is 32.5 Å². The van der Waals surface area contributed by atoms with Crippen molar-refractivity contribution >= 4 is 12.1 Å². The maximum absolute atomic E-state index is 12.6. The number of esters is 1. The van der Waals surface area contributed by atoms with Crippen molar-refractivity contribution in [2.75, 3.05) is 20.3 Å². The van der Waals surface area contributed by atoms with Crippen LogP contribution in [0.25, 0.3) is 0 Å². The van der Waals surface area contributed by atoms with Crippen LogP contribution in [0.5, 0.6) is 0 Å². The molecule has 1 heterocycles. The number of hydrogen-bond acceptors (Lipinski definition) is 7. The summed E-state index contributed by atoms with van der Waals surface area (Å²) < 4.78 is 22.4. The zero-order valence-corrected chi connectivity index (χ0v) is 23.1. The predicted molar refractivity (Wildman–Crippen MR) is 138 cm³/mol. The maximum atomic E-state index is 12.6. The van der Waals surface area contributed by atoms with E-state index in [4.69, 9.17) is 14.2 Å². The van der Waals surface area contributed by atoms with Gasteiger partial charge in [-0.3, -0.25) is 4.79 Å². The molecule has 1 aliphatic carbocycles. The third-order valence-corrected chi connectivity index (χ3v) is 7.15. The summed E-state index contributed by atoms with van der Waals surface area (Å²) in [7, 11) is 1.40. The third-order valence-electron chi connectivity index (χ3n) is 7.15. The minimum Gasteiger partial charge on any atom is -0.469 e. The summed E-state index contributed by atoms with van der Waals surface area (Å²) in [6.45, 7) is 8.93. The smallest absolute Gasteiger partial charge is 0.407 e. The molecule has 0 aromatic carbocycles. The van der Waals surface area contributed by atoms with E-state index in [2.05, 4.69) is 29.1 Å². The SMILES string of the molecule is CCCCCC1(CC[C@H]2C(NC(=O)OC(C)(C)C)CC(O)[C@@H]2CC=CCCCC(=O)OC)OCCO1. The normalized spacial score (nSPS) is 25.8. The number of aliphatic hydroxyl groups excluding tert-OH is 1. The first-order chi connectivity index (χ1) is 17.1. The van der Waals surface area contributed by atoms with Crippen LogP contribution in [0.15, 0.2) is 12.2 Å². The van der Waals surface area contributed by atoms with Crippen molar-refractivity contribution in [2.45, 2.75) is 122 Å². The van der Waals surface area contributed by atoms with Crippen molar-refractivity contribution in [3.8, 4) is 0 Å². The summed E-state index contributed by atoms with van der Waals surface area (Å²) in [5, 5.41) is 14.0. The highest BCUT2D eigenvalue weighted by molar-refractivity contribution is 5.69. The molecule has 1 aliphatic heterocycles. The summed E-state index contributed by atoms with van der Waals surface area (Å²) in [5.74, 6) is -0.679. The Morgan fingerprint density at radius 2 is 1.81 bits per heavy atom. The molecule has 0 aromatic rings. The summed E-state index contributed by atoms with van der Waals surface area (Å²) in [6, 6.07) is -0.179. The minimum absolute atomic E-state index is 0.0101. The fourth-order valence-electron chi connectivity index (χ4n) is 5.34. The number of nitrogens with one attached hydrogen (secondary N) is 1. The van der Waals surface area contributed by atoms with Crippen LogP contribution in [0.4, 0.5) is 4.79 Å². The van der Waals surface area contributed by atoms with Gasteiger partial charge in [0.05, 0.1) is 26.4 Å². The Hall–Kier alpha value is -1.64. The molecule has 2 unspecified atom stereocenters. The van der Waals surface area contributed by atoms with Crippen molar-refractivity contribution in [3.05, 3.63) is 12.2 Å². The number of unbranched alkanes of at least 4 members (excludes halogenated alkanes) is 3. The van der Waals surface area contributed by atoms with Crippen LogP contribution in [-0.2, 0) is 23.7 Å². The van der Waals surface area contributed by atoms with Crippen molar-refractivity contribution in [2.24, 2.45) is 11.8 Å². The fourth-order valence-corrected chi connectivity index (χ4v) is 5.34. The Morgan fingerprint density at radius 1 is 1.08 bits per heavy atom. The topological polar surface area (TPSA) is 103 Å². The second kappa shape index (κ2) is 14.9. The summed E-state index contributed by atoms with van der Waals surface area (Å²) in [5.41, 5.74) is -0.585. The predicted octanol–water partition coefficient (Wildman–Crippen LogP) is 5.27. The van der Waals surface area contributed by atoms with E-state index in [1.165, 1.54) is 7.11 Å². The van der Waals surface area contributed by atoms with Gasteiger partial charge in [0.15, 0.2) is 5.79 Å². The monoisotopic (exact) mass is 511 g/mol. The lowest BCUT2D eigenvalue weighted by molar-refractivity contribution is -0.171. The largest absolute Gasteiger partial charge is 0.469 e.